The molecule has 1 aliphatic rings. The molecule has 0 radical (unpaired) electrons. The number of nitrogens with zero attached hydrogens (tertiary/aromatic N) is 1. The van der Waals surface area contributed by atoms with Crippen LogP contribution in [0.2, 0.25) is 0 Å². The van der Waals surface area contributed by atoms with Crippen LogP contribution in [-0.2, 0) is 11.3 Å². The van der Waals surface area contributed by atoms with Gasteiger partial charge in [-0.2, -0.15) is 0 Å². The lowest BCUT2D eigenvalue weighted by Crippen LogP contribution is -2.40. The Labute approximate surface area is 143 Å². The van der Waals surface area contributed by atoms with Crippen molar-refractivity contribution < 1.29 is 24.4 Å². The summed E-state index contributed by atoms with van der Waals surface area (Å²) in [7, 11) is 3.21. The first kappa shape index (κ1) is 19.0. The van der Waals surface area contributed by atoms with Crippen molar-refractivity contribution in [2.24, 2.45) is 5.92 Å². The van der Waals surface area contributed by atoms with E-state index in [1.54, 1.807) is 14.2 Å². The van der Waals surface area contributed by atoms with E-state index in [2.05, 4.69) is 13.8 Å². The number of hydrogen-bond acceptors (Lipinski definition) is 6. The van der Waals surface area contributed by atoms with Gasteiger partial charge in [-0.3, -0.25) is 4.90 Å². The zero-order valence-corrected chi connectivity index (χ0v) is 15.0. The van der Waals surface area contributed by atoms with Gasteiger partial charge < -0.3 is 24.4 Å². The summed E-state index contributed by atoms with van der Waals surface area (Å²) >= 11 is 0. The van der Waals surface area contributed by atoms with E-state index >= 15 is 0 Å². The summed E-state index contributed by atoms with van der Waals surface area (Å²) in [6, 6.07) is 3.65. The molecule has 1 aromatic rings. The number of β-amino-alcohol motifs (C(OH)–C–C–N with tert-alkyl or cyclic N) is 2. The fourth-order valence-electron chi connectivity index (χ4n) is 3.07. The second kappa shape index (κ2) is 8.67. The molecular formula is C18H29NO5. The van der Waals surface area contributed by atoms with Gasteiger partial charge in [0, 0.05) is 37.4 Å². The number of rotatable bonds is 8. The lowest BCUT2D eigenvalue weighted by Gasteiger charge is -2.34. The maximum atomic E-state index is 10.5. The van der Waals surface area contributed by atoms with Crippen LogP contribution >= 0.6 is 0 Å². The van der Waals surface area contributed by atoms with E-state index in [0.717, 1.165) is 16.9 Å². The molecule has 0 unspecified atom stereocenters. The molecule has 0 aromatic heterocycles. The van der Waals surface area contributed by atoms with Gasteiger partial charge in [0.05, 0.1) is 33.0 Å². The molecule has 2 rings (SSSR count). The molecule has 6 nitrogen and oxygen atoms in total. The molecule has 6 heteroatoms. The highest BCUT2D eigenvalue weighted by Gasteiger charge is 2.30. The van der Waals surface area contributed by atoms with E-state index in [-0.39, 0.29) is 0 Å². The highest BCUT2D eigenvalue weighted by molar-refractivity contribution is 5.51. The molecule has 2 atom stereocenters. The van der Waals surface area contributed by atoms with Crippen LogP contribution in [0.4, 0.5) is 0 Å². The first-order valence-corrected chi connectivity index (χ1v) is 8.36. The third-order valence-corrected chi connectivity index (χ3v) is 4.09. The summed E-state index contributed by atoms with van der Waals surface area (Å²) in [6.45, 7) is 6.55. The van der Waals surface area contributed by atoms with Gasteiger partial charge in [0.15, 0.2) is 0 Å². The molecule has 0 saturated heterocycles. The molecule has 0 amide bonds. The average molecular weight is 339 g/mol. The second-order valence-electron chi connectivity index (χ2n) is 6.66. The van der Waals surface area contributed by atoms with Gasteiger partial charge in [0.2, 0.25) is 0 Å². The molecule has 0 saturated carbocycles. The lowest BCUT2D eigenvalue weighted by molar-refractivity contribution is -0.00521. The van der Waals surface area contributed by atoms with Crippen molar-refractivity contribution >= 4 is 0 Å². The summed E-state index contributed by atoms with van der Waals surface area (Å²) in [5.74, 6) is 1.83. The third kappa shape index (κ3) is 4.60. The van der Waals surface area contributed by atoms with Gasteiger partial charge in [-0.25, -0.2) is 0 Å². The van der Waals surface area contributed by atoms with Crippen LogP contribution < -0.4 is 9.47 Å². The number of fused-ring (bicyclic) bond motifs is 1. The van der Waals surface area contributed by atoms with Crippen molar-refractivity contribution in [1.29, 1.82) is 0 Å². The smallest absolute Gasteiger partial charge is 0.125 e. The van der Waals surface area contributed by atoms with Gasteiger partial charge in [-0.15, -0.1) is 0 Å². The van der Waals surface area contributed by atoms with Crippen LogP contribution in [-0.4, -0.2) is 61.7 Å². The zero-order chi connectivity index (χ0) is 17.7. The largest absolute Gasteiger partial charge is 0.496 e. The van der Waals surface area contributed by atoms with Gasteiger partial charge in [-0.1, -0.05) is 13.8 Å². The third-order valence-electron chi connectivity index (χ3n) is 4.09. The zero-order valence-electron chi connectivity index (χ0n) is 15.0. The number of hydrogen-bond donors (Lipinski definition) is 2. The quantitative estimate of drug-likeness (QED) is 0.749. The summed E-state index contributed by atoms with van der Waals surface area (Å²) in [6.07, 6.45) is -1.27. The predicted molar refractivity (Wildman–Crippen MR) is 91.4 cm³/mol. The fraction of sp³-hybridized carbons (Fsp3) is 0.667. The van der Waals surface area contributed by atoms with Crippen LogP contribution in [0.5, 0.6) is 11.5 Å². The van der Waals surface area contributed by atoms with Crippen molar-refractivity contribution in [3.05, 3.63) is 23.3 Å². The maximum absolute atomic E-state index is 10.5. The highest BCUT2D eigenvalue weighted by atomic mass is 16.5. The molecule has 0 spiro atoms. The molecule has 0 bridgehead atoms. The molecule has 2 N–H and O–H groups in total. The van der Waals surface area contributed by atoms with Crippen molar-refractivity contribution in [3.8, 4) is 11.5 Å². The summed E-state index contributed by atoms with van der Waals surface area (Å²) in [4.78, 5) is 2.01. The predicted octanol–water partition coefficient (Wildman–Crippen LogP) is 1.59. The van der Waals surface area contributed by atoms with Gasteiger partial charge >= 0.3 is 0 Å². The Hall–Kier alpha value is -1.34. The van der Waals surface area contributed by atoms with Crippen LogP contribution in [0.15, 0.2) is 12.1 Å². The molecule has 24 heavy (non-hydrogen) atoms. The Morgan fingerprint density at radius 1 is 1.17 bits per heavy atom. The van der Waals surface area contributed by atoms with E-state index in [9.17, 15) is 10.2 Å². The molecule has 1 heterocycles. The topological polar surface area (TPSA) is 71.4 Å². The van der Waals surface area contributed by atoms with Crippen molar-refractivity contribution in [2.45, 2.75) is 32.6 Å². The average Bonchev–Trinajstić information content (AvgIpc) is 2.53. The van der Waals surface area contributed by atoms with E-state index in [1.165, 1.54) is 0 Å². The van der Waals surface area contributed by atoms with Crippen molar-refractivity contribution in [3.63, 3.8) is 0 Å². The number of benzene rings is 1. The van der Waals surface area contributed by atoms with E-state index < -0.39 is 12.2 Å². The normalized spacial score (nSPS) is 19.2. The first-order valence-electron chi connectivity index (χ1n) is 8.36. The summed E-state index contributed by atoms with van der Waals surface area (Å²) < 4.78 is 16.3. The van der Waals surface area contributed by atoms with Crippen molar-refractivity contribution in [2.75, 3.05) is 40.5 Å². The van der Waals surface area contributed by atoms with Crippen LogP contribution in [0, 0.1) is 5.92 Å². The van der Waals surface area contributed by atoms with Crippen LogP contribution in [0.1, 0.15) is 31.1 Å². The minimum absolute atomic E-state index is 0.298. The number of ether oxygens (including phenoxy) is 3. The molecule has 0 aliphatic carbocycles. The highest BCUT2D eigenvalue weighted by Crippen LogP contribution is 2.39. The Bertz CT molecular complexity index is 534. The number of aliphatic hydroxyl groups is 2. The lowest BCUT2D eigenvalue weighted by atomic mass is 9.95. The first-order chi connectivity index (χ1) is 11.5. The van der Waals surface area contributed by atoms with Gasteiger partial charge in [-0.05, 0) is 18.1 Å². The van der Waals surface area contributed by atoms with E-state index in [0.29, 0.717) is 44.5 Å². The molecule has 1 aliphatic heterocycles. The standard InChI is InChI=1S/C18H29NO5/c1-12(2)10-24-11-13(20)7-19-8-14-16(22-3)5-6-17(23-4)18(14)15(21)9-19/h5-6,12-13,15,20-21H,7-11H2,1-4H3/t13-,15+/m1/s1. The minimum Gasteiger partial charge on any atom is -0.496 e. The summed E-state index contributed by atoms with van der Waals surface area (Å²) in [5, 5.41) is 20.7. The monoisotopic (exact) mass is 339 g/mol. The Morgan fingerprint density at radius 2 is 1.83 bits per heavy atom. The SMILES string of the molecule is COc1ccc(OC)c2c1CN(C[C@@H](O)COCC(C)C)C[C@@H]2O. The Kier molecular flexibility index (Phi) is 6.86. The van der Waals surface area contributed by atoms with Crippen LogP contribution in [0.25, 0.3) is 0 Å². The number of aliphatic hydroxyl groups excluding tert-OH is 2. The van der Waals surface area contributed by atoms with Crippen LogP contribution in [0.3, 0.4) is 0 Å². The van der Waals surface area contributed by atoms with Gasteiger partial charge in [0.1, 0.15) is 11.5 Å². The van der Waals surface area contributed by atoms with E-state index in [4.69, 9.17) is 14.2 Å². The minimum atomic E-state index is -0.678. The Balaban J connectivity index is 2.05. The summed E-state index contributed by atoms with van der Waals surface area (Å²) in [5.41, 5.74) is 1.68. The van der Waals surface area contributed by atoms with E-state index in [1.807, 2.05) is 17.0 Å². The van der Waals surface area contributed by atoms with Gasteiger partial charge in [0.25, 0.3) is 0 Å². The maximum Gasteiger partial charge on any atom is 0.125 e. The molecule has 136 valence electrons. The van der Waals surface area contributed by atoms with Crippen molar-refractivity contribution in [1.82, 2.24) is 4.90 Å². The second-order valence-corrected chi connectivity index (χ2v) is 6.66. The fourth-order valence-corrected chi connectivity index (χ4v) is 3.07. The molecular weight excluding hydrogens is 310 g/mol. The Morgan fingerprint density at radius 3 is 2.46 bits per heavy atom. The molecule has 1 aromatic carbocycles. The number of methoxy groups -OCH3 is 2. The molecule has 0 fully saturated rings.